The van der Waals surface area contributed by atoms with Gasteiger partial charge in [-0.2, -0.15) is 0 Å². The Bertz CT molecular complexity index is 756. The van der Waals surface area contributed by atoms with Crippen LogP contribution < -0.4 is 15.8 Å². The first-order valence-corrected chi connectivity index (χ1v) is 9.50. The third kappa shape index (κ3) is 5.50. The number of ether oxygens (including phenoxy) is 1. The van der Waals surface area contributed by atoms with Crippen molar-refractivity contribution in [2.45, 2.75) is 31.7 Å². The van der Waals surface area contributed by atoms with Crippen molar-refractivity contribution in [2.24, 2.45) is 5.73 Å². The van der Waals surface area contributed by atoms with Gasteiger partial charge in [0.15, 0.2) is 0 Å². The summed E-state index contributed by atoms with van der Waals surface area (Å²) in [5, 5.41) is 2.31. The lowest BCUT2D eigenvalue weighted by Crippen LogP contribution is -2.54. The summed E-state index contributed by atoms with van der Waals surface area (Å²) in [7, 11) is -3.76. The van der Waals surface area contributed by atoms with Gasteiger partial charge >= 0.3 is 0 Å². The molecule has 0 atom stereocenters. The number of rotatable bonds is 6. The van der Waals surface area contributed by atoms with E-state index in [9.17, 15) is 22.0 Å². The van der Waals surface area contributed by atoms with Crippen LogP contribution in [0.15, 0.2) is 12.1 Å². The van der Waals surface area contributed by atoms with Crippen LogP contribution in [0.1, 0.15) is 26.2 Å². The molecule has 1 fully saturated rings. The summed E-state index contributed by atoms with van der Waals surface area (Å²) < 4.78 is 58.6. The van der Waals surface area contributed by atoms with Gasteiger partial charge in [0, 0.05) is 19.3 Å². The highest BCUT2D eigenvalue weighted by Crippen LogP contribution is 2.26. The van der Waals surface area contributed by atoms with E-state index in [-0.39, 0.29) is 36.7 Å². The first kappa shape index (κ1) is 22.6. The lowest BCUT2D eigenvalue weighted by molar-refractivity contribution is -0.124. The summed E-state index contributed by atoms with van der Waals surface area (Å²) >= 11 is 0. The molecule has 0 saturated carbocycles. The fourth-order valence-corrected chi connectivity index (χ4v) is 3.55. The lowest BCUT2D eigenvalue weighted by atomic mass is 9.90. The molecule has 7 nitrogen and oxygen atoms in total. The molecule has 11 heteroatoms. The molecule has 1 aliphatic heterocycles. The van der Waals surface area contributed by atoms with E-state index < -0.39 is 38.8 Å². The predicted molar refractivity (Wildman–Crippen MR) is 96.9 cm³/mol. The first-order chi connectivity index (χ1) is 11.7. The molecule has 1 aromatic rings. The highest BCUT2D eigenvalue weighted by atomic mass is 35.5. The molecule has 1 amide bonds. The number of sulfonamides is 1. The Morgan fingerprint density at radius 2 is 1.81 bits per heavy atom. The summed E-state index contributed by atoms with van der Waals surface area (Å²) in [6.07, 6.45) is 0.856. The number of nitrogens with two attached hydrogens (primary N) is 1. The van der Waals surface area contributed by atoms with Gasteiger partial charge in [-0.3, -0.25) is 9.52 Å². The molecule has 2 rings (SSSR count). The molecule has 0 spiro atoms. The minimum Gasteiger partial charge on any atom is -0.381 e. The summed E-state index contributed by atoms with van der Waals surface area (Å²) in [6, 6.07) is 1.41. The van der Waals surface area contributed by atoms with E-state index in [4.69, 9.17) is 10.5 Å². The summed E-state index contributed by atoms with van der Waals surface area (Å²) in [5.41, 5.74) is 4.00. The molecular weight excluding hydrogens is 392 g/mol. The van der Waals surface area contributed by atoms with Crippen LogP contribution in [-0.4, -0.2) is 38.8 Å². The van der Waals surface area contributed by atoms with Gasteiger partial charge in [0.2, 0.25) is 15.9 Å². The summed E-state index contributed by atoms with van der Waals surface area (Å²) in [4.78, 5) is 12.3. The number of carbonyl (C=O) groups is 1. The van der Waals surface area contributed by atoms with Crippen molar-refractivity contribution in [3.05, 3.63) is 23.8 Å². The lowest BCUT2D eigenvalue weighted by Gasteiger charge is -2.31. The second-order valence-corrected chi connectivity index (χ2v) is 7.80. The van der Waals surface area contributed by atoms with E-state index in [0.717, 1.165) is 6.07 Å². The molecule has 26 heavy (non-hydrogen) atoms. The van der Waals surface area contributed by atoms with Crippen LogP contribution in [0.5, 0.6) is 0 Å². The SMILES string of the molecule is CCCS(=O)(=O)Nc1cc(NC(=O)C2(N)CCOCC2)c(F)cc1F.Cl. The largest absolute Gasteiger partial charge is 0.381 e. The fourth-order valence-electron chi connectivity index (χ4n) is 2.42. The zero-order valence-electron chi connectivity index (χ0n) is 14.2. The number of halogens is 3. The van der Waals surface area contributed by atoms with E-state index in [1.54, 1.807) is 6.92 Å². The highest BCUT2D eigenvalue weighted by molar-refractivity contribution is 7.92. The topological polar surface area (TPSA) is 111 Å². The van der Waals surface area contributed by atoms with Crippen molar-refractivity contribution < 1.29 is 26.7 Å². The predicted octanol–water partition coefficient (Wildman–Crippen LogP) is 1.98. The van der Waals surface area contributed by atoms with Crippen molar-refractivity contribution >= 4 is 39.7 Å². The summed E-state index contributed by atoms with van der Waals surface area (Å²) in [5.74, 6) is -2.95. The van der Waals surface area contributed by atoms with E-state index in [1.165, 1.54) is 0 Å². The molecule has 1 heterocycles. The van der Waals surface area contributed by atoms with Crippen LogP contribution >= 0.6 is 12.4 Å². The number of hydrogen-bond acceptors (Lipinski definition) is 5. The monoisotopic (exact) mass is 413 g/mol. The van der Waals surface area contributed by atoms with Crippen LogP contribution in [0.4, 0.5) is 20.2 Å². The smallest absolute Gasteiger partial charge is 0.244 e. The molecule has 0 bridgehead atoms. The molecule has 1 saturated heterocycles. The number of amides is 1. The second kappa shape index (κ2) is 8.94. The van der Waals surface area contributed by atoms with Gasteiger partial charge in [0.1, 0.15) is 17.2 Å². The molecule has 4 N–H and O–H groups in total. The summed E-state index contributed by atoms with van der Waals surface area (Å²) in [6.45, 7) is 2.26. The van der Waals surface area contributed by atoms with Crippen LogP contribution in [0.2, 0.25) is 0 Å². The first-order valence-electron chi connectivity index (χ1n) is 7.84. The van der Waals surface area contributed by atoms with Crippen LogP contribution in [0.3, 0.4) is 0 Å². The number of hydrogen-bond donors (Lipinski definition) is 3. The quantitative estimate of drug-likeness (QED) is 0.660. The third-order valence-electron chi connectivity index (χ3n) is 3.88. The molecule has 0 aliphatic carbocycles. The van der Waals surface area contributed by atoms with Crippen molar-refractivity contribution in [2.75, 3.05) is 29.0 Å². The molecule has 0 unspecified atom stereocenters. The maximum absolute atomic E-state index is 14.0. The maximum Gasteiger partial charge on any atom is 0.244 e. The van der Waals surface area contributed by atoms with Gasteiger partial charge in [-0.1, -0.05) is 6.92 Å². The van der Waals surface area contributed by atoms with E-state index >= 15 is 0 Å². The van der Waals surface area contributed by atoms with E-state index in [1.807, 2.05) is 4.72 Å². The number of anilines is 2. The average molecular weight is 414 g/mol. The van der Waals surface area contributed by atoms with Gasteiger partial charge in [0.05, 0.1) is 17.1 Å². The van der Waals surface area contributed by atoms with Crippen LogP contribution in [0.25, 0.3) is 0 Å². The zero-order chi connectivity index (χ0) is 18.7. The average Bonchev–Trinajstić information content (AvgIpc) is 2.52. The molecule has 0 aromatic heterocycles. The maximum atomic E-state index is 14.0. The van der Waals surface area contributed by atoms with Gasteiger partial charge in [-0.05, 0) is 25.3 Å². The molecule has 1 aromatic carbocycles. The van der Waals surface area contributed by atoms with E-state index in [2.05, 4.69) is 5.32 Å². The second-order valence-electron chi connectivity index (χ2n) is 5.96. The van der Waals surface area contributed by atoms with Gasteiger partial charge in [-0.15, -0.1) is 12.4 Å². The number of benzene rings is 1. The number of carbonyl (C=O) groups excluding carboxylic acids is 1. The fraction of sp³-hybridized carbons (Fsp3) is 0.533. The molecule has 1 aliphatic rings. The van der Waals surface area contributed by atoms with Gasteiger partial charge in [-0.25, -0.2) is 17.2 Å². The van der Waals surface area contributed by atoms with Crippen LogP contribution in [0, 0.1) is 11.6 Å². The van der Waals surface area contributed by atoms with Gasteiger partial charge < -0.3 is 15.8 Å². The minimum atomic E-state index is -3.76. The molecule has 148 valence electrons. The van der Waals surface area contributed by atoms with Crippen molar-refractivity contribution in [3.63, 3.8) is 0 Å². The minimum absolute atomic E-state index is 0. The Morgan fingerprint density at radius 3 is 2.38 bits per heavy atom. The Morgan fingerprint density at radius 1 is 1.23 bits per heavy atom. The highest BCUT2D eigenvalue weighted by Gasteiger charge is 2.36. The third-order valence-corrected chi connectivity index (χ3v) is 5.36. The molecular formula is C15H22ClF2N3O4S. The van der Waals surface area contributed by atoms with Crippen LogP contribution in [-0.2, 0) is 19.6 Å². The molecule has 0 radical (unpaired) electrons. The normalized spacial score (nSPS) is 16.5. The zero-order valence-corrected chi connectivity index (χ0v) is 15.8. The Balaban J connectivity index is 0.00000338. The van der Waals surface area contributed by atoms with Crippen molar-refractivity contribution in [1.29, 1.82) is 0 Å². The Labute approximate surface area is 157 Å². The van der Waals surface area contributed by atoms with E-state index in [0.29, 0.717) is 25.7 Å². The van der Waals surface area contributed by atoms with Gasteiger partial charge in [0.25, 0.3) is 0 Å². The standard InChI is InChI=1S/C15H21F2N3O4S.ClH/c1-2-7-25(22,23)20-13-9-12(10(16)8-11(13)17)19-14(21)15(18)3-5-24-6-4-15;/h8-9,20H,2-7,18H2,1H3,(H,19,21);1H. The Hall–Kier alpha value is -1.49. The van der Waals surface area contributed by atoms with Crippen molar-refractivity contribution in [1.82, 2.24) is 0 Å². The number of nitrogens with one attached hydrogen (secondary N) is 2. The van der Waals surface area contributed by atoms with Crippen molar-refractivity contribution in [3.8, 4) is 0 Å². The Kier molecular flexibility index (Phi) is 7.75.